The zero-order valence-corrected chi connectivity index (χ0v) is 21.9. The summed E-state index contributed by atoms with van der Waals surface area (Å²) < 4.78 is 21.8. The summed E-state index contributed by atoms with van der Waals surface area (Å²) >= 11 is 0. The predicted octanol–water partition coefficient (Wildman–Crippen LogP) is 3.48. The molecule has 2 aromatic rings. The zero-order chi connectivity index (χ0) is 25.2. The van der Waals surface area contributed by atoms with Gasteiger partial charge in [0, 0.05) is 25.0 Å². The van der Waals surface area contributed by atoms with Crippen molar-refractivity contribution in [2.24, 2.45) is 0 Å². The molecule has 1 atom stereocenters. The van der Waals surface area contributed by atoms with Crippen LogP contribution < -0.4 is 18.9 Å². The number of nitrogens with zero attached hydrogens (tertiary/aromatic N) is 2. The highest BCUT2D eigenvalue weighted by atomic mass is 16.5. The Kier molecular flexibility index (Phi) is 7.45. The highest BCUT2D eigenvalue weighted by Gasteiger charge is 2.40. The molecule has 0 radical (unpaired) electrons. The normalized spacial score (nSPS) is 18.9. The molecule has 1 aliphatic carbocycles. The van der Waals surface area contributed by atoms with Crippen LogP contribution in [0.2, 0.25) is 0 Å². The van der Waals surface area contributed by atoms with Gasteiger partial charge in [0.15, 0.2) is 23.0 Å². The number of amides is 1. The van der Waals surface area contributed by atoms with Gasteiger partial charge in [0.25, 0.3) is 0 Å². The fourth-order valence-corrected chi connectivity index (χ4v) is 5.64. The van der Waals surface area contributed by atoms with Crippen molar-refractivity contribution in [2.45, 2.75) is 38.0 Å². The molecule has 1 heterocycles. The van der Waals surface area contributed by atoms with Crippen molar-refractivity contribution in [3.63, 3.8) is 0 Å². The summed E-state index contributed by atoms with van der Waals surface area (Å²) in [5, 5.41) is 0. The van der Waals surface area contributed by atoms with Crippen molar-refractivity contribution >= 4 is 5.91 Å². The number of likely N-dealkylation sites (N-methyl/N-ethyl adjacent to an activating group) is 1. The zero-order valence-electron chi connectivity index (χ0n) is 21.9. The van der Waals surface area contributed by atoms with E-state index in [1.807, 2.05) is 17.0 Å². The van der Waals surface area contributed by atoms with E-state index in [2.05, 4.69) is 31.0 Å². The van der Waals surface area contributed by atoms with Crippen LogP contribution in [0.3, 0.4) is 0 Å². The van der Waals surface area contributed by atoms with Crippen LogP contribution in [0.25, 0.3) is 0 Å². The highest BCUT2D eigenvalue weighted by molar-refractivity contribution is 5.80. The molecule has 0 fully saturated rings. The van der Waals surface area contributed by atoms with Crippen molar-refractivity contribution in [1.29, 1.82) is 0 Å². The lowest BCUT2D eigenvalue weighted by atomic mass is 9.65. The molecule has 4 rings (SSSR count). The number of ether oxygens (including phenoxy) is 4. The van der Waals surface area contributed by atoms with Gasteiger partial charge in [-0.3, -0.25) is 4.79 Å². The van der Waals surface area contributed by atoms with Crippen LogP contribution in [0.5, 0.6) is 23.0 Å². The molecular formula is C28H38N2O5. The van der Waals surface area contributed by atoms with E-state index in [-0.39, 0.29) is 11.3 Å². The van der Waals surface area contributed by atoms with E-state index < -0.39 is 0 Å². The SMILES string of the molecule is COc1cc2c(cc1OC)CC(=O)N(CCCN(C)CC1(C)Cc3cc(OC)c(OC)cc31)CC2. The summed E-state index contributed by atoms with van der Waals surface area (Å²) in [6, 6.07) is 8.19. The Morgan fingerprint density at radius 1 is 0.886 bits per heavy atom. The predicted molar refractivity (Wildman–Crippen MR) is 136 cm³/mol. The number of carbonyl (C=O) groups excluding carboxylic acids is 1. The second kappa shape index (κ2) is 10.4. The molecule has 0 bridgehead atoms. The maximum Gasteiger partial charge on any atom is 0.227 e. The Morgan fingerprint density at radius 3 is 2.09 bits per heavy atom. The lowest BCUT2D eigenvalue weighted by molar-refractivity contribution is -0.130. The maximum absolute atomic E-state index is 13.0. The molecule has 35 heavy (non-hydrogen) atoms. The summed E-state index contributed by atoms with van der Waals surface area (Å²) in [6.45, 7) is 5.72. The first kappa shape index (κ1) is 25.2. The van der Waals surface area contributed by atoms with Crippen molar-refractivity contribution in [2.75, 3.05) is 61.7 Å². The van der Waals surface area contributed by atoms with E-state index in [0.29, 0.717) is 12.2 Å². The quantitative estimate of drug-likeness (QED) is 0.517. The Morgan fingerprint density at radius 2 is 1.46 bits per heavy atom. The van der Waals surface area contributed by atoms with Crippen LogP contribution >= 0.6 is 0 Å². The molecule has 0 spiro atoms. The van der Waals surface area contributed by atoms with Gasteiger partial charge in [0.1, 0.15) is 0 Å². The molecule has 7 heteroatoms. The number of hydrogen-bond donors (Lipinski definition) is 0. The van der Waals surface area contributed by atoms with Crippen molar-refractivity contribution in [3.8, 4) is 23.0 Å². The number of benzene rings is 2. The lowest BCUT2D eigenvalue weighted by Gasteiger charge is -2.44. The van der Waals surface area contributed by atoms with Gasteiger partial charge in [0.05, 0.1) is 34.9 Å². The number of fused-ring (bicyclic) bond motifs is 2. The summed E-state index contributed by atoms with van der Waals surface area (Å²) in [6.07, 6.45) is 3.21. The van der Waals surface area contributed by atoms with E-state index in [1.54, 1.807) is 28.4 Å². The summed E-state index contributed by atoms with van der Waals surface area (Å²) in [5.74, 6) is 3.16. The molecule has 1 amide bonds. The number of hydrogen-bond acceptors (Lipinski definition) is 6. The Balaban J connectivity index is 1.31. The Bertz CT molecular complexity index is 1090. The minimum Gasteiger partial charge on any atom is -0.493 e. The third-order valence-corrected chi connectivity index (χ3v) is 7.48. The first-order valence-electron chi connectivity index (χ1n) is 12.3. The smallest absolute Gasteiger partial charge is 0.227 e. The second-order valence-electron chi connectivity index (χ2n) is 9.98. The lowest BCUT2D eigenvalue weighted by Crippen LogP contribution is -2.46. The van der Waals surface area contributed by atoms with Crippen LogP contribution in [-0.2, 0) is 29.5 Å². The van der Waals surface area contributed by atoms with E-state index in [4.69, 9.17) is 18.9 Å². The molecule has 2 aromatic carbocycles. The topological polar surface area (TPSA) is 60.5 Å². The Hall–Kier alpha value is -2.93. The molecule has 0 saturated heterocycles. The van der Waals surface area contributed by atoms with E-state index >= 15 is 0 Å². The first-order chi connectivity index (χ1) is 16.8. The minimum absolute atomic E-state index is 0.0990. The minimum atomic E-state index is 0.0990. The number of carbonyl (C=O) groups is 1. The van der Waals surface area contributed by atoms with Crippen LogP contribution in [0.1, 0.15) is 35.6 Å². The van der Waals surface area contributed by atoms with E-state index in [9.17, 15) is 4.79 Å². The van der Waals surface area contributed by atoms with E-state index in [1.165, 1.54) is 16.7 Å². The molecule has 1 aliphatic heterocycles. The number of methoxy groups -OCH3 is 4. The second-order valence-corrected chi connectivity index (χ2v) is 9.98. The highest BCUT2D eigenvalue weighted by Crippen LogP contribution is 2.46. The average Bonchev–Trinajstić information content (AvgIpc) is 2.99. The molecule has 190 valence electrons. The largest absolute Gasteiger partial charge is 0.493 e. The van der Waals surface area contributed by atoms with Crippen molar-refractivity contribution < 1.29 is 23.7 Å². The molecule has 1 unspecified atom stereocenters. The third-order valence-electron chi connectivity index (χ3n) is 7.48. The molecule has 0 saturated carbocycles. The van der Waals surface area contributed by atoms with Crippen LogP contribution in [0.15, 0.2) is 24.3 Å². The summed E-state index contributed by atoms with van der Waals surface area (Å²) in [7, 11) is 8.80. The van der Waals surface area contributed by atoms with Crippen LogP contribution in [-0.4, -0.2) is 77.4 Å². The van der Waals surface area contributed by atoms with Gasteiger partial charge < -0.3 is 28.7 Å². The summed E-state index contributed by atoms with van der Waals surface area (Å²) in [4.78, 5) is 17.3. The van der Waals surface area contributed by atoms with Gasteiger partial charge in [-0.1, -0.05) is 6.92 Å². The van der Waals surface area contributed by atoms with Gasteiger partial charge in [-0.2, -0.15) is 0 Å². The average molecular weight is 483 g/mol. The van der Waals surface area contributed by atoms with Gasteiger partial charge in [-0.05, 0) is 79.4 Å². The monoisotopic (exact) mass is 482 g/mol. The standard InChI is InChI=1S/C28H38N2O5/c1-28(17-21-14-25(34-5)26(35-6)16-22(21)28)18-29(2)9-7-10-30-11-8-19-12-23(32-3)24(33-4)13-20(19)15-27(30)31/h12-14,16H,7-11,15,17-18H2,1-6H3. The first-order valence-corrected chi connectivity index (χ1v) is 12.3. The van der Waals surface area contributed by atoms with Crippen molar-refractivity contribution in [3.05, 3.63) is 46.5 Å². The molecule has 7 nitrogen and oxygen atoms in total. The molecule has 2 aliphatic rings. The Labute approximate surface area is 208 Å². The molecule has 0 N–H and O–H groups in total. The van der Waals surface area contributed by atoms with Gasteiger partial charge in [0.2, 0.25) is 5.91 Å². The molecular weight excluding hydrogens is 444 g/mol. The molecule has 0 aromatic heterocycles. The van der Waals surface area contributed by atoms with Gasteiger partial charge >= 0.3 is 0 Å². The van der Waals surface area contributed by atoms with Crippen LogP contribution in [0.4, 0.5) is 0 Å². The number of rotatable bonds is 10. The van der Waals surface area contributed by atoms with Gasteiger partial charge in [-0.15, -0.1) is 0 Å². The maximum atomic E-state index is 13.0. The fourth-order valence-electron chi connectivity index (χ4n) is 5.64. The summed E-state index contributed by atoms with van der Waals surface area (Å²) in [5.41, 5.74) is 4.98. The van der Waals surface area contributed by atoms with Crippen molar-refractivity contribution in [1.82, 2.24) is 9.80 Å². The van der Waals surface area contributed by atoms with Crippen LogP contribution in [0, 0.1) is 0 Å². The fraction of sp³-hybridized carbons (Fsp3) is 0.536. The van der Waals surface area contributed by atoms with E-state index in [0.717, 1.165) is 68.3 Å². The third kappa shape index (κ3) is 5.06. The van der Waals surface area contributed by atoms with Gasteiger partial charge in [-0.25, -0.2) is 0 Å².